The van der Waals surface area contributed by atoms with Gasteiger partial charge in [0.05, 0.1) is 0 Å². The van der Waals surface area contributed by atoms with Crippen LogP contribution in [0.2, 0.25) is 0 Å². The maximum absolute atomic E-state index is 4.31. The van der Waals surface area contributed by atoms with Gasteiger partial charge in [0.1, 0.15) is 13.1 Å². The minimum absolute atomic E-state index is 0.682. The lowest BCUT2D eigenvalue weighted by atomic mass is 10.3. The van der Waals surface area contributed by atoms with E-state index in [1.807, 2.05) is 24.3 Å². The zero-order valence-corrected chi connectivity index (χ0v) is 11.3. The van der Waals surface area contributed by atoms with Crippen LogP contribution in [-0.4, -0.2) is 15.0 Å². The standard InChI is InChI=1S/C9H5I2N3/c10-7-5-8(11)14-9(13-7)6-3-1-2-4-12-6/h1-5H. The van der Waals surface area contributed by atoms with Gasteiger partial charge in [-0.25, -0.2) is 9.97 Å². The Morgan fingerprint density at radius 1 is 1.00 bits per heavy atom. The van der Waals surface area contributed by atoms with Gasteiger partial charge in [0, 0.05) is 12.3 Å². The summed E-state index contributed by atoms with van der Waals surface area (Å²) in [5.41, 5.74) is 0.809. The molecule has 0 saturated heterocycles. The Morgan fingerprint density at radius 2 is 1.71 bits per heavy atom. The zero-order chi connectivity index (χ0) is 9.97. The van der Waals surface area contributed by atoms with Crippen molar-refractivity contribution in [3.8, 4) is 11.5 Å². The monoisotopic (exact) mass is 409 g/mol. The van der Waals surface area contributed by atoms with Gasteiger partial charge in [-0.1, -0.05) is 6.07 Å². The third kappa shape index (κ3) is 2.38. The van der Waals surface area contributed by atoms with Crippen molar-refractivity contribution in [2.45, 2.75) is 0 Å². The molecule has 0 unspecified atom stereocenters. The SMILES string of the molecule is Ic1cc(I)nc(-c2ccccn2)n1. The molecule has 0 fully saturated rings. The quantitative estimate of drug-likeness (QED) is 0.538. The largest absolute Gasteiger partial charge is 0.253 e. The van der Waals surface area contributed by atoms with Crippen molar-refractivity contribution in [3.63, 3.8) is 0 Å². The number of nitrogens with zero attached hydrogens (tertiary/aromatic N) is 3. The highest BCUT2D eigenvalue weighted by molar-refractivity contribution is 14.1. The molecule has 0 atom stereocenters. The van der Waals surface area contributed by atoms with E-state index >= 15 is 0 Å². The summed E-state index contributed by atoms with van der Waals surface area (Å²) in [5, 5.41) is 0. The van der Waals surface area contributed by atoms with Crippen LogP contribution in [0.1, 0.15) is 0 Å². The number of pyridine rings is 1. The number of hydrogen-bond acceptors (Lipinski definition) is 3. The molecule has 14 heavy (non-hydrogen) atoms. The normalized spacial score (nSPS) is 10.1. The molecule has 5 heteroatoms. The molecule has 0 bridgehead atoms. The molecule has 3 nitrogen and oxygen atoms in total. The van der Waals surface area contributed by atoms with E-state index in [0.717, 1.165) is 13.1 Å². The highest BCUT2D eigenvalue weighted by Crippen LogP contribution is 2.14. The van der Waals surface area contributed by atoms with Crippen LogP contribution in [0.25, 0.3) is 11.5 Å². The van der Waals surface area contributed by atoms with E-state index in [4.69, 9.17) is 0 Å². The summed E-state index contributed by atoms with van der Waals surface area (Å²) in [7, 11) is 0. The summed E-state index contributed by atoms with van der Waals surface area (Å²) in [6, 6.07) is 7.63. The van der Waals surface area contributed by atoms with E-state index < -0.39 is 0 Å². The van der Waals surface area contributed by atoms with E-state index in [2.05, 4.69) is 60.1 Å². The number of halogens is 2. The van der Waals surface area contributed by atoms with E-state index in [1.54, 1.807) is 6.20 Å². The smallest absolute Gasteiger partial charge is 0.180 e. The second-order valence-corrected chi connectivity index (χ2v) is 4.76. The molecule has 0 N–H and O–H groups in total. The maximum atomic E-state index is 4.31. The first kappa shape index (κ1) is 10.2. The van der Waals surface area contributed by atoms with Gasteiger partial charge in [-0.15, -0.1) is 0 Å². The van der Waals surface area contributed by atoms with E-state index in [-0.39, 0.29) is 0 Å². The minimum Gasteiger partial charge on any atom is -0.253 e. The molecule has 0 aliphatic carbocycles. The van der Waals surface area contributed by atoms with Crippen molar-refractivity contribution < 1.29 is 0 Å². The molecule has 0 aromatic carbocycles. The molecular formula is C9H5I2N3. The lowest BCUT2D eigenvalue weighted by Crippen LogP contribution is -1.95. The van der Waals surface area contributed by atoms with Crippen LogP contribution in [0.5, 0.6) is 0 Å². The van der Waals surface area contributed by atoms with E-state index in [0.29, 0.717) is 5.82 Å². The first-order chi connectivity index (χ1) is 6.75. The fraction of sp³-hybridized carbons (Fsp3) is 0. The van der Waals surface area contributed by atoms with Gasteiger partial charge in [0.25, 0.3) is 0 Å². The van der Waals surface area contributed by atoms with Crippen molar-refractivity contribution in [2.24, 2.45) is 0 Å². The Balaban J connectivity index is 2.52. The molecule has 0 aliphatic heterocycles. The van der Waals surface area contributed by atoms with Crippen LogP contribution >= 0.6 is 45.2 Å². The molecule has 0 saturated carbocycles. The van der Waals surface area contributed by atoms with Gasteiger partial charge in [-0.3, -0.25) is 4.98 Å². The second kappa shape index (κ2) is 4.47. The van der Waals surface area contributed by atoms with E-state index in [1.165, 1.54) is 0 Å². The molecule has 2 rings (SSSR count). The van der Waals surface area contributed by atoms with Crippen LogP contribution in [-0.2, 0) is 0 Å². The molecule has 0 amide bonds. The molecule has 0 aliphatic rings. The molecule has 0 radical (unpaired) electrons. The Bertz CT molecular complexity index is 425. The predicted molar refractivity (Wildman–Crippen MR) is 70.7 cm³/mol. The summed E-state index contributed by atoms with van der Waals surface area (Å²) in [6.45, 7) is 0. The van der Waals surface area contributed by atoms with Gasteiger partial charge in [0.15, 0.2) is 5.82 Å². The van der Waals surface area contributed by atoms with Crippen molar-refractivity contribution in [3.05, 3.63) is 37.9 Å². The van der Waals surface area contributed by atoms with Gasteiger partial charge in [-0.05, 0) is 57.3 Å². The van der Waals surface area contributed by atoms with Gasteiger partial charge < -0.3 is 0 Å². The lowest BCUT2D eigenvalue weighted by Gasteiger charge is -1.99. The maximum Gasteiger partial charge on any atom is 0.180 e. The zero-order valence-electron chi connectivity index (χ0n) is 6.98. The molecule has 2 aromatic heterocycles. The molecule has 70 valence electrons. The average molecular weight is 409 g/mol. The molecule has 2 heterocycles. The summed E-state index contributed by atoms with van der Waals surface area (Å²) in [4.78, 5) is 12.8. The molecule has 0 spiro atoms. The summed E-state index contributed by atoms with van der Waals surface area (Å²) in [6.07, 6.45) is 1.74. The Kier molecular flexibility index (Phi) is 3.26. The Labute approximate surface area is 109 Å². The number of hydrogen-bond donors (Lipinski definition) is 0. The number of rotatable bonds is 1. The third-order valence-corrected chi connectivity index (χ3v) is 2.66. The third-order valence-electron chi connectivity index (χ3n) is 1.56. The lowest BCUT2D eigenvalue weighted by molar-refractivity contribution is 1.09. The molecule has 2 aromatic rings. The second-order valence-electron chi connectivity index (χ2n) is 2.55. The first-order valence-corrected chi connectivity index (χ1v) is 6.03. The van der Waals surface area contributed by atoms with Gasteiger partial charge in [0.2, 0.25) is 0 Å². The molecular weight excluding hydrogens is 404 g/mol. The van der Waals surface area contributed by atoms with Gasteiger partial charge >= 0.3 is 0 Å². The highest BCUT2D eigenvalue weighted by atomic mass is 127. The fourth-order valence-electron chi connectivity index (χ4n) is 1.000. The summed E-state index contributed by atoms with van der Waals surface area (Å²) < 4.78 is 1.87. The Hall–Kier alpha value is -0.310. The van der Waals surface area contributed by atoms with Crippen LogP contribution in [0.4, 0.5) is 0 Å². The topological polar surface area (TPSA) is 38.7 Å². The fourth-order valence-corrected chi connectivity index (χ4v) is 2.64. The van der Waals surface area contributed by atoms with E-state index in [9.17, 15) is 0 Å². The average Bonchev–Trinajstić information content (AvgIpc) is 2.18. The Morgan fingerprint density at radius 3 is 2.29 bits per heavy atom. The van der Waals surface area contributed by atoms with Crippen LogP contribution in [0.15, 0.2) is 30.5 Å². The van der Waals surface area contributed by atoms with Crippen molar-refractivity contribution >= 4 is 45.2 Å². The van der Waals surface area contributed by atoms with Crippen molar-refractivity contribution in [2.75, 3.05) is 0 Å². The van der Waals surface area contributed by atoms with Crippen LogP contribution < -0.4 is 0 Å². The van der Waals surface area contributed by atoms with Crippen molar-refractivity contribution in [1.29, 1.82) is 0 Å². The van der Waals surface area contributed by atoms with Crippen LogP contribution in [0.3, 0.4) is 0 Å². The number of aromatic nitrogens is 3. The van der Waals surface area contributed by atoms with Crippen molar-refractivity contribution in [1.82, 2.24) is 15.0 Å². The highest BCUT2D eigenvalue weighted by Gasteiger charge is 2.04. The van der Waals surface area contributed by atoms with Gasteiger partial charge in [-0.2, -0.15) is 0 Å². The summed E-state index contributed by atoms with van der Waals surface area (Å²) in [5.74, 6) is 0.682. The predicted octanol–water partition coefficient (Wildman–Crippen LogP) is 2.75. The summed E-state index contributed by atoms with van der Waals surface area (Å²) >= 11 is 4.35. The first-order valence-electron chi connectivity index (χ1n) is 3.87. The minimum atomic E-state index is 0.682. The van der Waals surface area contributed by atoms with Crippen LogP contribution in [0, 0.1) is 7.40 Å².